The van der Waals surface area contributed by atoms with Crippen molar-refractivity contribution in [2.45, 2.75) is 19.9 Å². The Morgan fingerprint density at radius 3 is 2.62 bits per heavy atom. The van der Waals surface area contributed by atoms with Gasteiger partial charge in [-0.1, -0.05) is 0 Å². The molecule has 7 nitrogen and oxygen atoms in total. The summed E-state index contributed by atoms with van der Waals surface area (Å²) in [6.45, 7) is 3.66. The fraction of sp³-hybridized carbons (Fsp3) is 0.571. The van der Waals surface area contributed by atoms with Crippen molar-refractivity contribution in [3.05, 3.63) is 18.0 Å². The molecule has 0 saturated carbocycles. The van der Waals surface area contributed by atoms with Crippen LogP contribution in [0.25, 0.3) is 0 Å². The number of anilines is 1. The van der Waals surface area contributed by atoms with Gasteiger partial charge in [0.15, 0.2) is 0 Å². The van der Waals surface area contributed by atoms with Crippen LogP contribution in [0.2, 0.25) is 0 Å². The van der Waals surface area contributed by atoms with Crippen LogP contribution in [0, 0.1) is 0 Å². The van der Waals surface area contributed by atoms with E-state index in [1.165, 1.54) is 7.11 Å². The molecule has 118 valence electrons. The van der Waals surface area contributed by atoms with Gasteiger partial charge in [-0.15, -0.1) is 0 Å². The first-order chi connectivity index (χ1) is 10.0. The van der Waals surface area contributed by atoms with E-state index in [1.807, 2.05) is 6.92 Å². The molecule has 0 aromatic carbocycles. The summed E-state index contributed by atoms with van der Waals surface area (Å²) >= 11 is 0. The van der Waals surface area contributed by atoms with Crippen LogP contribution in [0.15, 0.2) is 12.3 Å². The smallest absolute Gasteiger partial charge is 0.307 e. The van der Waals surface area contributed by atoms with Crippen molar-refractivity contribution in [1.82, 2.24) is 9.47 Å². The summed E-state index contributed by atoms with van der Waals surface area (Å²) in [4.78, 5) is 25.4. The maximum absolute atomic E-state index is 12.6. The molecule has 0 unspecified atom stereocenters. The van der Waals surface area contributed by atoms with Crippen LogP contribution >= 0.6 is 0 Å². The molecule has 1 aromatic rings. The van der Waals surface area contributed by atoms with Crippen molar-refractivity contribution in [3.8, 4) is 0 Å². The maximum atomic E-state index is 12.6. The number of carbonyl (C=O) groups is 2. The molecule has 1 amide bonds. The molecule has 0 radical (unpaired) electrons. The topological polar surface area (TPSA) is 86.8 Å². The van der Waals surface area contributed by atoms with Crippen LogP contribution in [0.1, 0.15) is 23.8 Å². The Balaban J connectivity index is 2.84. The van der Waals surface area contributed by atoms with Crippen LogP contribution in [-0.2, 0) is 20.8 Å². The number of aromatic nitrogens is 1. The van der Waals surface area contributed by atoms with E-state index in [0.717, 1.165) is 0 Å². The Morgan fingerprint density at radius 2 is 2.05 bits per heavy atom. The molecule has 7 heteroatoms. The predicted molar refractivity (Wildman–Crippen MR) is 78.9 cm³/mol. The van der Waals surface area contributed by atoms with Gasteiger partial charge in [0, 0.05) is 32.9 Å². The van der Waals surface area contributed by atoms with Crippen LogP contribution in [0.4, 0.5) is 5.69 Å². The Bertz CT molecular complexity index is 485. The molecule has 0 saturated heterocycles. The van der Waals surface area contributed by atoms with Crippen LogP contribution < -0.4 is 5.73 Å². The van der Waals surface area contributed by atoms with Crippen molar-refractivity contribution < 1.29 is 19.1 Å². The Labute approximate surface area is 124 Å². The highest BCUT2D eigenvalue weighted by molar-refractivity contribution is 5.94. The normalized spacial score (nSPS) is 10.4. The Kier molecular flexibility index (Phi) is 6.74. The lowest BCUT2D eigenvalue weighted by Gasteiger charge is -2.22. The molecule has 0 fully saturated rings. The second-order valence-electron chi connectivity index (χ2n) is 4.56. The SMILES string of the molecule is CCn1cc(N)cc1C(=O)N(CCOC)CCC(=O)OC. The van der Waals surface area contributed by atoms with Gasteiger partial charge in [0.1, 0.15) is 5.69 Å². The average molecular weight is 297 g/mol. The lowest BCUT2D eigenvalue weighted by molar-refractivity contribution is -0.140. The standard InChI is InChI=1S/C14H23N3O4/c1-4-16-10-11(15)9-12(16)14(19)17(7-8-20-2)6-5-13(18)21-3/h9-10H,4-8,15H2,1-3H3. The van der Waals surface area contributed by atoms with Crippen LogP contribution in [-0.4, -0.2) is 55.3 Å². The van der Waals surface area contributed by atoms with Crippen molar-refractivity contribution in [2.24, 2.45) is 0 Å². The highest BCUT2D eigenvalue weighted by Gasteiger charge is 2.20. The number of ether oxygens (including phenoxy) is 2. The number of aryl methyl sites for hydroxylation is 1. The van der Waals surface area contributed by atoms with E-state index in [4.69, 9.17) is 10.5 Å². The molecule has 0 aliphatic rings. The first-order valence-corrected chi connectivity index (χ1v) is 6.84. The summed E-state index contributed by atoms with van der Waals surface area (Å²) < 4.78 is 11.4. The van der Waals surface area contributed by atoms with Gasteiger partial charge in [0.2, 0.25) is 0 Å². The van der Waals surface area contributed by atoms with Crippen molar-refractivity contribution in [1.29, 1.82) is 0 Å². The van der Waals surface area contributed by atoms with E-state index >= 15 is 0 Å². The van der Waals surface area contributed by atoms with E-state index in [1.54, 1.807) is 28.8 Å². The minimum Gasteiger partial charge on any atom is -0.469 e. The molecule has 1 rings (SSSR count). The number of amides is 1. The maximum Gasteiger partial charge on any atom is 0.307 e. The van der Waals surface area contributed by atoms with Gasteiger partial charge in [-0.25, -0.2) is 0 Å². The molecule has 21 heavy (non-hydrogen) atoms. The number of carbonyl (C=O) groups excluding carboxylic acids is 2. The van der Waals surface area contributed by atoms with Gasteiger partial charge in [-0.3, -0.25) is 9.59 Å². The molecular weight excluding hydrogens is 274 g/mol. The number of nitrogens with two attached hydrogens (primary N) is 1. The second kappa shape index (κ2) is 8.31. The number of rotatable bonds is 8. The molecule has 0 atom stereocenters. The van der Waals surface area contributed by atoms with E-state index < -0.39 is 0 Å². The molecule has 0 aliphatic heterocycles. The van der Waals surface area contributed by atoms with Gasteiger partial charge in [-0.05, 0) is 13.0 Å². The van der Waals surface area contributed by atoms with Gasteiger partial charge >= 0.3 is 5.97 Å². The highest BCUT2D eigenvalue weighted by Crippen LogP contribution is 2.13. The third-order valence-corrected chi connectivity index (χ3v) is 3.14. The fourth-order valence-corrected chi connectivity index (χ4v) is 1.98. The Morgan fingerprint density at radius 1 is 1.33 bits per heavy atom. The lowest BCUT2D eigenvalue weighted by Crippen LogP contribution is -2.36. The second-order valence-corrected chi connectivity index (χ2v) is 4.56. The Hall–Kier alpha value is -2.02. The van der Waals surface area contributed by atoms with Gasteiger partial charge in [-0.2, -0.15) is 0 Å². The average Bonchev–Trinajstić information content (AvgIpc) is 2.87. The fourth-order valence-electron chi connectivity index (χ4n) is 1.98. The first kappa shape index (κ1) is 17.0. The number of hydrogen-bond acceptors (Lipinski definition) is 5. The summed E-state index contributed by atoms with van der Waals surface area (Å²) in [7, 11) is 2.89. The zero-order valence-corrected chi connectivity index (χ0v) is 12.8. The van der Waals surface area contributed by atoms with E-state index in [-0.39, 0.29) is 24.8 Å². The third-order valence-electron chi connectivity index (χ3n) is 3.14. The number of esters is 1. The summed E-state index contributed by atoms with van der Waals surface area (Å²) in [5.74, 6) is -0.523. The van der Waals surface area contributed by atoms with E-state index in [9.17, 15) is 9.59 Å². The zero-order chi connectivity index (χ0) is 15.8. The van der Waals surface area contributed by atoms with Gasteiger partial charge in [0.25, 0.3) is 5.91 Å². The van der Waals surface area contributed by atoms with Crippen LogP contribution in [0.3, 0.4) is 0 Å². The quantitative estimate of drug-likeness (QED) is 0.715. The molecular formula is C14H23N3O4. The third kappa shape index (κ3) is 4.78. The van der Waals surface area contributed by atoms with Crippen molar-refractivity contribution >= 4 is 17.6 Å². The van der Waals surface area contributed by atoms with Gasteiger partial charge in [0.05, 0.1) is 25.8 Å². The highest BCUT2D eigenvalue weighted by atomic mass is 16.5. The monoisotopic (exact) mass is 297 g/mol. The lowest BCUT2D eigenvalue weighted by atomic mass is 10.3. The molecule has 1 aromatic heterocycles. The number of methoxy groups -OCH3 is 2. The first-order valence-electron chi connectivity index (χ1n) is 6.84. The molecule has 0 aliphatic carbocycles. The van der Waals surface area contributed by atoms with Crippen molar-refractivity contribution in [2.75, 3.05) is 39.6 Å². The number of hydrogen-bond donors (Lipinski definition) is 1. The molecule has 1 heterocycles. The predicted octanol–water partition coefficient (Wildman–Crippen LogP) is 0.742. The zero-order valence-electron chi connectivity index (χ0n) is 12.8. The minimum absolute atomic E-state index is 0.147. The summed E-state index contributed by atoms with van der Waals surface area (Å²) in [5.41, 5.74) is 6.80. The van der Waals surface area contributed by atoms with Crippen LogP contribution in [0.5, 0.6) is 0 Å². The minimum atomic E-state index is -0.351. The number of nitrogen functional groups attached to an aromatic ring is 1. The molecule has 0 spiro atoms. The summed E-state index contributed by atoms with van der Waals surface area (Å²) in [5, 5.41) is 0. The van der Waals surface area contributed by atoms with Crippen molar-refractivity contribution in [3.63, 3.8) is 0 Å². The summed E-state index contributed by atoms with van der Waals surface area (Å²) in [6, 6.07) is 1.64. The van der Waals surface area contributed by atoms with E-state index in [2.05, 4.69) is 4.74 Å². The number of nitrogens with zero attached hydrogens (tertiary/aromatic N) is 2. The molecule has 0 bridgehead atoms. The molecule has 2 N–H and O–H groups in total. The van der Waals surface area contributed by atoms with E-state index in [0.29, 0.717) is 31.1 Å². The van der Waals surface area contributed by atoms with Gasteiger partial charge < -0.3 is 24.7 Å². The largest absolute Gasteiger partial charge is 0.469 e. The summed E-state index contributed by atoms with van der Waals surface area (Å²) in [6.07, 6.45) is 1.87.